The molecule has 2 aromatic rings. The third-order valence-electron chi connectivity index (χ3n) is 3.18. The van der Waals surface area contributed by atoms with Crippen molar-refractivity contribution in [3.8, 4) is 11.5 Å². The van der Waals surface area contributed by atoms with Crippen LogP contribution < -0.4 is 4.74 Å². The second kappa shape index (κ2) is 6.56. The average Bonchev–Trinajstić information content (AvgIpc) is 2.53. The molecule has 0 saturated carbocycles. The van der Waals surface area contributed by atoms with Crippen molar-refractivity contribution in [1.82, 2.24) is 0 Å². The molecule has 6 heteroatoms. The SMILES string of the molecule is COc1cc(/C=C/c2ccc(C(F)(F)F)cc2)cc(C=O)c1O. The Kier molecular flexibility index (Phi) is 4.74. The molecule has 0 bridgehead atoms. The largest absolute Gasteiger partial charge is 0.504 e. The van der Waals surface area contributed by atoms with Gasteiger partial charge >= 0.3 is 6.18 Å². The third-order valence-corrected chi connectivity index (χ3v) is 3.18. The summed E-state index contributed by atoms with van der Waals surface area (Å²) in [6.45, 7) is 0. The van der Waals surface area contributed by atoms with Crippen LogP contribution in [-0.4, -0.2) is 18.5 Å². The Bertz CT molecular complexity index is 732. The minimum atomic E-state index is -4.37. The Labute approximate surface area is 130 Å². The molecule has 1 N–H and O–H groups in total. The lowest BCUT2D eigenvalue weighted by Gasteiger charge is -2.07. The number of hydrogen-bond donors (Lipinski definition) is 1. The molecule has 2 rings (SSSR count). The van der Waals surface area contributed by atoms with Crippen LogP contribution in [0.15, 0.2) is 36.4 Å². The van der Waals surface area contributed by atoms with Crippen molar-refractivity contribution in [2.45, 2.75) is 6.18 Å². The van der Waals surface area contributed by atoms with Crippen molar-refractivity contribution in [2.24, 2.45) is 0 Å². The lowest BCUT2D eigenvalue weighted by molar-refractivity contribution is -0.137. The van der Waals surface area contributed by atoms with Gasteiger partial charge in [-0.1, -0.05) is 24.3 Å². The maximum absolute atomic E-state index is 12.5. The number of phenols is 1. The van der Waals surface area contributed by atoms with E-state index < -0.39 is 11.7 Å². The highest BCUT2D eigenvalue weighted by molar-refractivity contribution is 5.84. The first-order chi connectivity index (χ1) is 10.8. The smallest absolute Gasteiger partial charge is 0.416 e. The van der Waals surface area contributed by atoms with Gasteiger partial charge in [-0.05, 0) is 35.4 Å². The van der Waals surface area contributed by atoms with Gasteiger partial charge in [-0.3, -0.25) is 4.79 Å². The van der Waals surface area contributed by atoms with E-state index in [2.05, 4.69) is 0 Å². The van der Waals surface area contributed by atoms with Crippen LogP contribution in [0.2, 0.25) is 0 Å². The van der Waals surface area contributed by atoms with E-state index in [0.29, 0.717) is 17.4 Å². The molecule has 0 heterocycles. The van der Waals surface area contributed by atoms with Gasteiger partial charge in [0.15, 0.2) is 17.8 Å². The predicted octanol–water partition coefficient (Wildman–Crippen LogP) is 4.40. The highest BCUT2D eigenvalue weighted by Crippen LogP contribution is 2.31. The average molecular weight is 322 g/mol. The molecule has 0 unspecified atom stereocenters. The molecule has 0 spiro atoms. The number of aldehydes is 1. The number of hydrogen-bond acceptors (Lipinski definition) is 3. The van der Waals surface area contributed by atoms with Crippen LogP contribution in [0.25, 0.3) is 12.2 Å². The molecule has 0 fully saturated rings. The van der Waals surface area contributed by atoms with Gasteiger partial charge < -0.3 is 9.84 Å². The Morgan fingerprint density at radius 2 is 1.65 bits per heavy atom. The van der Waals surface area contributed by atoms with Crippen LogP contribution in [0.3, 0.4) is 0 Å². The van der Waals surface area contributed by atoms with Gasteiger partial charge in [0.2, 0.25) is 0 Å². The number of methoxy groups -OCH3 is 1. The van der Waals surface area contributed by atoms with E-state index in [0.717, 1.165) is 12.1 Å². The standard InChI is InChI=1S/C17H13F3O3/c1-23-15-9-12(8-13(10-21)16(15)22)3-2-11-4-6-14(7-5-11)17(18,19)20/h2-10,22H,1H3/b3-2+. The summed E-state index contributed by atoms with van der Waals surface area (Å²) in [7, 11) is 1.35. The van der Waals surface area contributed by atoms with Crippen molar-refractivity contribution in [2.75, 3.05) is 7.11 Å². The van der Waals surface area contributed by atoms with Crippen LogP contribution >= 0.6 is 0 Å². The van der Waals surface area contributed by atoms with Crippen molar-refractivity contribution in [1.29, 1.82) is 0 Å². The van der Waals surface area contributed by atoms with Crippen LogP contribution in [0.5, 0.6) is 11.5 Å². The normalized spacial score (nSPS) is 11.7. The summed E-state index contributed by atoms with van der Waals surface area (Å²) in [4.78, 5) is 10.9. The number of rotatable bonds is 4. The summed E-state index contributed by atoms with van der Waals surface area (Å²) >= 11 is 0. The highest BCUT2D eigenvalue weighted by Gasteiger charge is 2.29. The molecule has 2 aromatic carbocycles. The van der Waals surface area contributed by atoms with Crippen LogP contribution in [0, 0.1) is 0 Å². The Morgan fingerprint density at radius 3 is 2.17 bits per heavy atom. The maximum Gasteiger partial charge on any atom is 0.416 e. The van der Waals surface area contributed by atoms with Crippen LogP contribution in [0.4, 0.5) is 13.2 Å². The quantitative estimate of drug-likeness (QED) is 0.670. The number of phenolic OH excluding ortho intramolecular Hbond substituents is 1. The van der Waals surface area contributed by atoms with Crippen molar-refractivity contribution in [3.05, 3.63) is 58.7 Å². The molecule has 3 nitrogen and oxygen atoms in total. The Morgan fingerprint density at radius 1 is 1.04 bits per heavy atom. The van der Waals surface area contributed by atoms with E-state index in [1.54, 1.807) is 12.2 Å². The summed E-state index contributed by atoms with van der Waals surface area (Å²) in [6, 6.07) is 7.64. The number of carbonyl (C=O) groups excluding carboxylic acids is 1. The molecule has 120 valence electrons. The predicted molar refractivity (Wildman–Crippen MR) is 80.4 cm³/mol. The molecular formula is C17H13F3O3. The highest BCUT2D eigenvalue weighted by atomic mass is 19.4. The first-order valence-corrected chi connectivity index (χ1v) is 6.56. The topological polar surface area (TPSA) is 46.5 Å². The molecule has 0 aliphatic rings. The second-order valence-electron chi connectivity index (χ2n) is 4.73. The van der Waals surface area contributed by atoms with Gasteiger partial charge in [0, 0.05) is 0 Å². The zero-order chi connectivity index (χ0) is 17.0. The third kappa shape index (κ3) is 3.91. The fourth-order valence-electron chi connectivity index (χ4n) is 1.97. The summed E-state index contributed by atoms with van der Waals surface area (Å²) in [6.07, 6.45) is -0.670. The van der Waals surface area contributed by atoms with Gasteiger partial charge in [-0.2, -0.15) is 13.2 Å². The molecule has 23 heavy (non-hydrogen) atoms. The summed E-state index contributed by atoms with van der Waals surface area (Å²) in [5, 5.41) is 9.72. The molecule has 0 saturated heterocycles. The Hall–Kier alpha value is -2.76. The van der Waals surface area contributed by atoms with Crippen molar-refractivity contribution in [3.63, 3.8) is 0 Å². The minimum absolute atomic E-state index is 0.0661. The molecule has 0 aliphatic carbocycles. The van der Waals surface area contributed by atoms with Crippen molar-refractivity contribution < 1.29 is 27.8 Å². The molecular weight excluding hydrogens is 309 g/mol. The van der Waals surface area contributed by atoms with E-state index in [4.69, 9.17) is 4.74 Å². The fourth-order valence-corrected chi connectivity index (χ4v) is 1.97. The maximum atomic E-state index is 12.5. The lowest BCUT2D eigenvalue weighted by Crippen LogP contribution is -2.03. The van der Waals surface area contributed by atoms with Crippen LogP contribution in [0.1, 0.15) is 27.0 Å². The van der Waals surface area contributed by atoms with Gasteiger partial charge in [0.05, 0.1) is 18.2 Å². The first-order valence-electron chi connectivity index (χ1n) is 6.56. The molecule has 0 aliphatic heterocycles. The molecule has 0 radical (unpaired) electrons. The monoisotopic (exact) mass is 322 g/mol. The van der Waals surface area contributed by atoms with Gasteiger partial charge in [-0.25, -0.2) is 0 Å². The molecule has 0 atom stereocenters. The van der Waals surface area contributed by atoms with Gasteiger partial charge in [0.1, 0.15) is 0 Å². The number of alkyl halides is 3. The number of aromatic hydroxyl groups is 1. The van der Waals surface area contributed by atoms with Crippen LogP contribution in [-0.2, 0) is 6.18 Å². The van der Waals surface area contributed by atoms with E-state index in [1.807, 2.05) is 0 Å². The van der Waals surface area contributed by atoms with Crippen molar-refractivity contribution >= 4 is 18.4 Å². The number of halogens is 3. The van der Waals surface area contributed by atoms with E-state index in [9.17, 15) is 23.1 Å². The summed E-state index contributed by atoms with van der Waals surface area (Å²) in [5.74, 6) is -0.115. The molecule has 0 aromatic heterocycles. The number of carbonyl (C=O) groups is 1. The van der Waals surface area contributed by atoms with E-state index in [-0.39, 0.29) is 17.1 Å². The first kappa shape index (κ1) is 16.6. The summed E-state index contributed by atoms with van der Waals surface area (Å²) in [5.41, 5.74) is 0.486. The van der Waals surface area contributed by atoms with Gasteiger partial charge in [0.25, 0.3) is 0 Å². The van der Waals surface area contributed by atoms with Gasteiger partial charge in [-0.15, -0.1) is 0 Å². The fraction of sp³-hybridized carbons (Fsp3) is 0.118. The zero-order valence-electron chi connectivity index (χ0n) is 12.1. The Balaban J connectivity index is 2.28. The minimum Gasteiger partial charge on any atom is -0.504 e. The number of benzene rings is 2. The van der Waals surface area contributed by atoms with E-state index in [1.165, 1.54) is 31.4 Å². The number of ether oxygens (including phenoxy) is 1. The van der Waals surface area contributed by atoms with E-state index >= 15 is 0 Å². The zero-order valence-corrected chi connectivity index (χ0v) is 12.1. The molecule has 0 amide bonds. The lowest BCUT2D eigenvalue weighted by atomic mass is 10.1. The second-order valence-corrected chi connectivity index (χ2v) is 4.73. The summed E-state index contributed by atoms with van der Waals surface area (Å²) < 4.78 is 42.4.